The molecule has 0 saturated carbocycles. The maximum atomic E-state index is 6.14. The van der Waals surface area contributed by atoms with Crippen LogP contribution in [0.3, 0.4) is 0 Å². The molecule has 0 fully saturated rings. The summed E-state index contributed by atoms with van der Waals surface area (Å²) in [4.78, 5) is 0. The first-order valence-electron chi connectivity index (χ1n) is 18.8. The van der Waals surface area contributed by atoms with Crippen LogP contribution in [0.2, 0.25) is 0 Å². The highest BCUT2D eigenvalue weighted by Crippen LogP contribution is 2.54. The van der Waals surface area contributed by atoms with Gasteiger partial charge in [0.15, 0.2) is 0 Å². The predicted octanol–water partition coefficient (Wildman–Crippen LogP) is 10.5. The molecule has 52 heavy (non-hydrogen) atoms. The average molecular weight is 673 g/mol. The van der Waals surface area contributed by atoms with E-state index in [1.54, 1.807) is 0 Å². The number of ether oxygens (including phenoxy) is 1. The molecule has 1 atom stereocenters. The summed E-state index contributed by atoms with van der Waals surface area (Å²) in [7, 11) is 1.86. The molecule has 0 amide bonds. The quantitative estimate of drug-likeness (QED) is 0.164. The highest BCUT2D eigenvalue weighted by Gasteiger charge is 2.45. The van der Waals surface area contributed by atoms with Crippen molar-refractivity contribution in [2.75, 3.05) is 13.7 Å². The van der Waals surface area contributed by atoms with Gasteiger partial charge in [-0.05, 0) is 109 Å². The molecule has 0 aromatic heterocycles. The average Bonchev–Trinajstić information content (AvgIpc) is 3.32. The van der Waals surface area contributed by atoms with Crippen molar-refractivity contribution >= 4 is 22.4 Å². The highest BCUT2D eigenvalue weighted by atomic mass is 16.5. The Hall–Kier alpha value is -5.50. The summed E-state index contributed by atoms with van der Waals surface area (Å²) in [5.74, 6) is 0.169. The van der Waals surface area contributed by atoms with E-state index in [0.29, 0.717) is 6.61 Å². The van der Waals surface area contributed by atoms with Gasteiger partial charge in [0, 0.05) is 13.0 Å². The molecule has 1 nitrogen and oxygen atoms in total. The molecule has 254 valence electrons. The zero-order valence-corrected chi connectivity index (χ0v) is 30.1. The van der Waals surface area contributed by atoms with E-state index in [9.17, 15) is 0 Å². The van der Waals surface area contributed by atoms with E-state index in [0.717, 1.165) is 25.7 Å². The van der Waals surface area contributed by atoms with Crippen molar-refractivity contribution in [3.05, 3.63) is 213 Å². The highest BCUT2D eigenvalue weighted by molar-refractivity contribution is 5.85. The van der Waals surface area contributed by atoms with E-state index in [4.69, 9.17) is 4.74 Å². The van der Waals surface area contributed by atoms with Crippen molar-refractivity contribution < 1.29 is 4.74 Å². The molecule has 0 heterocycles. The summed E-state index contributed by atoms with van der Waals surface area (Å²) >= 11 is 0. The summed E-state index contributed by atoms with van der Waals surface area (Å²) in [6.45, 7) is 2.96. The third-order valence-electron chi connectivity index (χ3n) is 11.8. The third-order valence-corrected chi connectivity index (χ3v) is 11.8. The predicted molar refractivity (Wildman–Crippen MR) is 217 cm³/mol. The van der Waals surface area contributed by atoms with Gasteiger partial charge in [-0.25, -0.2) is 0 Å². The lowest BCUT2D eigenvalue weighted by Crippen LogP contribution is -2.32. The Morgan fingerprint density at radius 2 is 1.35 bits per heavy atom. The first-order chi connectivity index (χ1) is 25.7. The first-order valence-corrected chi connectivity index (χ1v) is 18.8. The number of hydrogen-bond donors (Lipinski definition) is 0. The minimum absolute atomic E-state index is 0.169. The fourth-order valence-corrected chi connectivity index (χ4v) is 9.60. The van der Waals surface area contributed by atoms with E-state index in [1.807, 2.05) is 7.11 Å². The van der Waals surface area contributed by atoms with Crippen LogP contribution < -0.4 is 10.4 Å². The Balaban J connectivity index is 1.34. The summed E-state index contributed by atoms with van der Waals surface area (Å²) < 4.78 is 6.14. The molecular formula is C51H44O. The maximum Gasteiger partial charge on any atom is 0.0707 e. The van der Waals surface area contributed by atoms with Crippen LogP contribution in [0.4, 0.5) is 0 Å². The third kappa shape index (κ3) is 5.26. The molecule has 0 radical (unpaired) electrons. The van der Waals surface area contributed by atoms with Gasteiger partial charge in [0.2, 0.25) is 0 Å². The van der Waals surface area contributed by atoms with E-state index in [-0.39, 0.29) is 5.92 Å². The number of fused-ring (bicyclic) bond motifs is 5. The first kappa shape index (κ1) is 32.4. The normalized spacial score (nSPS) is 16.0. The molecule has 1 unspecified atom stereocenters. The fraction of sp³-hybridized carbons (Fsp3) is 0.176. The number of rotatable bonds is 7. The second-order valence-electron chi connectivity index (χ2n) is 14.6. The van der Waals surface area contributed by atoms with Gasteiger partial charge in [-0.2, -0.15) is 0 Å². The second-order valence-corrected chi connectivity index (χ2v) is 14.6. The van der Waals surface area contributed by atoms with Gasteiger partial charge in [-0.3, -0.25) is 0 Å². The van der Waals surface area contributed by atoms with Gasteiger partial charge in [0.25, 0.3) is 0 Å². The van der Waals surface area contributed by atoms with Gasteiger partial charge in [-0.15, -0.1) is 0 Å². The van der Waals surface area contributed by atoms with Gasteiger partial charge in [0.05, 0.1) is 12.0 Å². The van der Waals surface area contributed by atoms with Crippen LogP contribution in [0.1, 0.15) is 63.3 Å². The molecule has 2 aliphatic carbocycles. The van der Waals surface area contributed by atoms with E-state index in [2.05, 4.69) is 171 Å². The minimum Gasteiger partial charge on any atom is -0.384 e. The van der Waals surface area contributed by atoms with Crippen LogP contribution in [0.15, 0.2) is 158 Å². The zero-order valence-electron chi connectivity index (χ0n) is 30.1. The van der Waals surface area contributed by atoms with Crippen molar-refractivity contribution in [1.82, 2.24) is 0 Å². The SMILES string of the molecule is COCC1Cc2ccccc2C(c2ccccc2)(c2ccccc2)c2ccc(C)c(-c3ccccc3CC3=c4ccc5ccccc5c4=CCC3)c21. The lowest BCUT2D eigenvalue weighted by molar-refractivity contribution is 0.179. The molecule has 0 bridgehead atoms. The molecular weight excluding hydrogens is 629 g/mol. The lowest BCUT2D eigenvalue weighted by atomic mass is 9.63. The maximum absolute atomic E-state index is 6.14. The molecule has 9 rings (SSSR count). The van der Waals surface area contributed by atoms with Crippen LogP contribution >= 0.6 is 0 Å². The van der Waals surface area contributed by atoms with E-state index < -0.39 is 5.41 Å². The summed E-state index contributed by atoms with van der Waals surface area (Å²) in [6, 6.07) is 59.1. The Morgan fingerprint density at radius 1 is 0.654 bits per heavy atom. The topological polar surface area (TPSA) is 9.23 Å². The monoisotopic (exact) mass is 672 g/mol. The van der Waals surface area contributed by atoms with Gasteiger partial charge >= 0.3 is 0 Å². The van der Waals surface area contributed by atoms with E-state index >= 15 is 0 Å². The van der Waals surface area contributed by atoms with Crippen LogP contribution in [-0.4, -0.2) is 13.7 Å². The van der Waals surface area contributed by atoms with Crippen molar-refractivity contribution in [1.29, 1.82) is 0 Å². The van der Waals surface area contributed by atoms with Crippen molar-refractivity contribution in [2.24, 2.45) is 0 Å². The lowest BCUT2D eigenvalue weighted by Gasteiger charge is -2.39. The van der Waals surface area contributed by atoms with Gasteiger partial charge in [0.1, 0.15) is 0 Å². The molecule has 7 aromatic carbocycles. The Bertz CT molecular complexity index is 2500. The van der Waals surface area contributed by atoms with Crippen LogP contribution in [0.5, 0.6) is 0 Å². The largest absolute Gasteiger partial charge is 0.384 e. The second kappa shape index (κ2) is 13.6. The number of methoxy groups -OCH3 is 1. The molecule has 0 N–H and O–H groups in total. The molecule has 7 aromatic rings. The minimum atomic E-state index is -0.512. The Labute approximate surface area is 307 Å². The molecule has 1 heteroatoms. The zero-order chi connectivity index (χ0) is 35.1. The van der Waals surface area contributed by atoms with Crippen molar-refractivity contribution in [3.63, 3.8) is 0 Å². The van der Waals surface area contributed by atoms with Gasteiger partial charge in [-0.1, -0.05) is 169 Å². The summed E-state index contributed by atoms with van der Waals surface area (Å²) in [6.07, 6.45) is 6.44. The van der Waals surface area contributed by atoms with Gasteiger partial charge < -0.3 is 4.74 Å². The van der Waals surface area contributed by atoms with Crippen LogP contribution in [-0.2, 0) is 23.0 Å². The molecule has 0 spiro atoms. The number of hydrogen-bond acceptors (Lipinski definition) is 1. The van der Waals surface area contributed by atoms with Crippen molar-refractivity contribution in [3.8, 4) is 11.1 Å². The van der Waals surface area contributed by atoms with Crippen LogP contribution in [0, 0.1) is 6.92 Å². The van der Waals surface area contributed by atoms with Crippen molar-refractivity contribution in [2.45, 2.75) is 43.9 Å². The summed E-state index contributed by atoms with van der Waals surface area (Å²) in [5, 5.41) is 5.47. The fourth-order valence-electron chi connectivity index (χ4n) is 9.60. The number of benzene rings is 7. The van der Waals surface area contributed by atoms with Crippen LogP contribution in [0.25, 0.3) is 33.5 Å². The number of aryl methyl sites for hydroxylation is 1. The van der Waals surface area contributed by atoms with E-state index in [1.165, 1.54) is 82.4 Å². The smallest absolute Gasteiger partial charge is 0.0707 e. The Morgan fingerprint density at radius 3 is 2.13 bits per heavy atom. The molecule has 0 saturated heterocycles. The molecule has 0 aliphatic heterocycles. The standard InChI is InChI=1S/C51H44O/c1-35-28-31-48-50(49(35)45-25-13-10-17-38(45)32-37-19-15-26-46-43-24-12-9-16-36(43)29-30-44(37)46)40(34-52-2)33-39-18-11-14-27-47(39)51(48,41-20-5-3-6-21-41)42-22-7-4-8-23-42/h3-14,16-18,20-31,40H,15,19,32-34H2,1-2H3. The molecule has 2 aliphatic rings. The summed E-state index contributed by atoms with van der Waals surface area (Å²) in [5.41, 5.74) is 14.5. The Kier molecular flexibility index (Phi) is 8.45.